The molecule has 30 heavy (non-hydrogen) atoms. The summed E-state index contributed by atoms with van der Waals surface area (Å²) in [5, 5.41) is 5.96. The number of para-hydroxylation sites is 1. The number of nitrogens with two attached hydrogens (primary N) is 2. The number of hydrogen-bond donors (Lipinski definition) is 2. The largest absolute Gasteiger partial charge is 0.454 e. The average molecular weight is 431 g/mol. The third-order valence-corrected chi connectivity index (χ3v) is 5.37. The van der Waals surface area contributed by atoms with Crippen molar-refractivity contribution in [1.82, 2.24) is 4.90 Å². The lowest BCUT2D eigenvalue weighted by Crippen LogP contribution is -2.29. The lowest BCUT2D eigenvalue weighted by Gasteiger charge is -2.29. The van der Waals surface area contributed by atoms with Gasteiger partial charge in [-0.3, -0.25) is 9.93 Å². The van der Waals surface area contributed by atoms with Crippen LogP contribution in [0.15, 0.2) is 47.4 Å². The van der Waals surface area contributed by atoms with E-state index in [1.807, 2.05) is 36.4 Å². The molecule has 6 nitrogen and oxygen atoms in total. The van der Waals surface area contributed by atoms with Crippen molar-refractivity contribution in [3.05, 3.63) is 48.0 Å². The summed E-state index contributed by atoms with van der Waals surface area (Å²) in [6, 6.07) is 13.2. The molecule has 0 aliphatic heterocycles. The summed E-state index contributed by atoms with van der Waals surface area (Å²) in [6.45, 7) is 4.90. The summed E-state index contributed by atoms with van der Waals surface area (Å²) in [4.78, 5) is 17.1. The monoisotopic (exact) mass is 430 g/mol. The topological polar surface area (TPSA) is 84.8 Å². The van der Waals surface area contributed by atoms with Gasteiger partial charge >= 0.3 is 0 Å². The molecule has 1 amide bonds. The van der Waals surface area contributed by atoms with Crippen LogP contribution in [0.1, 0.15) is 43.0 Å². The fraction of sp³-hybridized carbons (Fsp3) is 0.435. The van der Waals surface area contributed by atoms with Crippen molar-refractivity contribution >= 4 is 23.5 Å². The van der Waals surface area contributed by atoms with Crippen LogP contribution >= 0.6 is 11.9 Å². The number of unbranched alkanes of at least 4 members (excludes halogenated alkanes) is 2. The Morgan fingerprint density at radius 2 is 1.73 bits per heavy atom. The van der Waals surface area contributed by atoms with E-state index >= 15 is 0 Å². The molecule has 164 valence electrons. The molecule has 0 spiro atoms. The van der Waals surface area contributed by atoms with Gasteiger partial charge in [-0.05, 0) is 69.7 Å². The summed E-state index contributed by atoms with van der Waals surface area (Å²) in [5.74, 6) is 0.919. The molecular weight excluding hydrogens is 396 g/mol. The number of carbonyl (C=O) groups is 1. The van der Waals surface area contributed by atoms with E-state index in [4.69, 9.17) is 15.6 Å². The molecule has 4 N–H and O–H groups in total. The van der Waals surface area contributed by atoms with Gasteiger partial charge in [0.05, 0.1) is 10.6 Å². The van der Waals surface area contributed by atoms with E-state index in [-0.39, 0.29) is 0 Å². The second-order valence-electron chi connectivity index (χ2n) is 7.57. The highest BCUT2D eigenvalue weighted by molar-refractivity contribution is 7.97. The minimum absolute atomic E-state index is 0.437. The van der Waals surface area contributed by atoms with Gasteiger partial charge in [-0.15, -0.1) is 0 Å². The quantitative estimate of drug-likeness (QED) is 0.360. The molecule has 0 aliphatic carbocycles. The van der Waals surface area contributed by atoms with Crippen molar-refractivity contribution in [3.63, 3.8) is 0 Å². The Balaban J connectivity index is 2.47. The van der Waals surface area contributed by atoms with Crippen LogP contribution in [-0.2, 0) is 0 Å². The number of carbonyl (C=O) groups excluding carboxylic acids is 1. The molecular formula is C23H34N4O2S. The Bertz CT molecular complexity index is 799. The lowest BCUT2D eigenvalue weighted by molar-refractivity contribution is 0.1000. The first-order valence-corrected chi connectivity index (χ1v) is 11.3. The minimum atomic E-state index is -0.473. The van der Waals surface area contributed by atoms with Gasteiger partial charge in [0.1, 0.15) is 5.75 Å². The summed E-state index contributed by atoms with van der Waals surface area (Å²) in [7, 11) is 4.14. The van der Waals surface area contributed by atoms with Gasteiger partial charge in [0.25, 0.3) is 0 Å². The standard InChI is InChI=1S/C23H34N4O2S/c1-4-5-9-14-27(15-10-13-26(2)3)20-16-18(23(24)28)17-21(30-25)22(20)29-19-11-7-6-8-12-19/h6-8,11-12,16-17H,4-5,9-10,13-15,25H2,1-3H3,(H2,24,28). The first-order chi connectivity index (χ1) is 14.5. The van der Waals surface area contributed by atoms with Crippen molar-refractivity contribution in [2.24, 2.45) is 10.9 Å². The maximum absolute atomic E-state index is 12.0. The molecule has 0 atom stereocenters. The molecule has 2 aromatic rings. The van der Waals surface area contributed by atoms with Crippen LogP contribution in [0.5, 0.6) is 11.5 Å². The Morgan fingerprint density at radius 3 is 2.33 bits per heavy atom. The number of amides is 1. The van der Waals surface area contributed by atoms with Gasteiger partial charge in [0, 0.05) is 18.7 Å². The van der Waals surface area contributed by atoms with Crippen LogP contribution in [0.3, 0.4) is 0 Å². The Kier molecular flexibility index (Phi) is 10.00. The zero-order chi connectivity index (χ0) is 21.9. The summed E-state index contributed by atoms with van der Waals surface area (Å²) >= 11 is 1.07. The summed E-state index contributed by atoms with van der Waals surface area (Å²) in [5.41, 5.74) is 6.91. The number of benzene rings is 2. The number of nitrogens with zero attached hydrogens (tertiary/aromatic N) is 2. The van der Waals surface area contributed by atoms with Gasteiger partial charge in [0.2, 0.25) is 5.91 Å². The zero-order valence-electron chi connectivity index (χ0n) is 18.3. The maximum atomic E-state index is 12.0. The van der Waals surface area contributed by atoms with Crippen molar-refractivity contribution in [2.45, 2.75) is 37.5 Å². The fourth-order valence-corrected chi connectivity index (χ4v) is 3.69. The van der Waals surface area contributed by atoms with E-state index in [0.29, 0.717) is 16.2 Å². The second-order valence-corrected chi connectivity index (χ2v) is 8.25. The van der Waals surface area contributed by atoms with Gasteiger partial charge < -0.3 is 20.3 Å². The SMILES string of the molecule is CCCCCN(CCCN(C)C)c1cc(C(N)=O)cc(SN)c1Oc1ccccc1. The molecule has 0 aliphatic rings. The molecule has 0 saturated carbocycles. The van der Waals surface area contributed by atoms with Gasteiger partial charge in [-0.2, -0.15) is 0 Å². The van der Waals surface area contributed by atoms with Crippen LogP contribution in [0.25, 0.3) is 0 Å². The fourth-order valence-electron chi connectivity index (χ4n) is 3.24. The number of ether oxygens (including phenoxy) is 1. The third kappa shape index (κ3) is 7.23. The first-order valence-electron chi connectivity index (χ1n) is 10.4. The maximum Gasteiger partial charge on any atom is 0.248 e. The average Bonchev–Trinajstić information content (AvgIpc) is 2.73. The molecule has 2 aromatic carbocycles. The van der Waals surface area contributed by atoms with Gasteiger partial charge in [-0.25, -0.2) is 0 Å². The normalized spacial score (nSPS) is 11.0. The third-order valence-electron chi connectivity index (χ3n) is 4.82. The number of rotatable bonds is 13. The van der Waals surface area contributed by atoms with Crippen LogP contribution < -0.4 is 20.5 Å². The number of hydrogen-bond acceptors (Lipinski definition) is 6. The number of anilines is 1. The van der Waals surface area contributed by atoms with Gasteiger partial charge in [0.15, 0.2) is 5.75 Å². The smallest absolute Gasteiger partial charge is 0.248 e. The molecule has 0 saturated heterocycles. The van der Waals surface area contributed by atoms with Crippen molar-refractivity contribution in [2.75, 3.05) is 38.6 Å². The van der Waals surface area contributed by atoms with E-state index in [0.717, 1.165) is 68.7 Å². The molecule has 0 aromatic heterocycles. The Morgan fingerprint density at radius 1 is 1.03 bits per heavy atom. The number of primary amides is 1. The molecule has 0 unspecified atom stereocenters. The van der Waals surface area contributed by atoms with E-state index in [2.05, 4.69) is 30.8 Å². The first kappa shape index (κ1) is 24.1. The van der Waals surface area contributed by atoms with E-state index in [1.165, 1.54) is 0 Å². The lowest BCUT2D eigenvalue weighted by atomic mass is 10.1. The second kappa shape index (κ2) is 12.5. The van der Waals surface area contributed by atoms with Crippen molar-refractivity contribution in [1.29, 1.82) is 0 Å². The molecule has 0 radical (unpaired) electrons. The highest BCUT2D eigenvalue weighted by Crippen LogP contribution is 2.41. The Labute approximate surface area is 184 Å². The van der Waals surface area contributed by atoms with Crippen LogP contribution in [0.2, 0.25) is 0 Å². The van der Waals surface area contributed by atoms with E-state index in [1.54, 1.807) is 6.07 Å². The van der Waals surface area contributed by atoms with Crippen molar-refractivity contribution < 1.29 is 9.53 Å². The van der Waals surface area contributed by atoms with Gasteiger partial charge in [-0.1, -0.05) is 38.0 Å². The van der Waals surface area contributed by atoms with Crippen LogP contribution in [0, 0.1) is 0 Å². The zero-order valence-corrected chi connectivity index (χ0v) is 19.1. The van der Waals surface area contributed by atoms with Crippen LogP contribution in [0.4, 0.5) is 5.69 Å². The summed E-state index contributed by atoms with van der Waals surface area (Å²) < 4.78 is 6.28. The predicted octanol–water partition coefficient (Wildman–Crippen LogP) is 4.49. The van der Waals surface area contributed by atoms with Crippen LogP contribution in [-0.4, -0.2) is 44.5 Å². The molecule has 0 heterocycles. The molecule has 0 bridgehead atoms. The van der Waals surface area contributed by atoms with E-state index in [9.17, 15) is 4.79 Å². The Hall–Kier alpha value is -2.22. The van der Waals surface area contributed by atoms with Crippen molar-refractivity contribution in [3.8, 4) is 11.5 Å². The highest BCUT2D eigenvalue weighted by Gasteiger charge is 2.20. The van der Waals surface area contributed by atoms with E-state index < -0.39 is 5.91 Å². The molecule has 2 rings (SSSR count). The predicted molar refractivity (Wildman–Crippen MR) is 126 cm³/mol. The molecule has 0 fully saturated rings. The minimum Gasteiger partial charge on any atom is -0.454 e. The molecule has 7 heteroatoms. The summed E-state index contributed by atoms with van der Waals surface area (Å²) in [6.07, 6.45) is 4.35. The highest BCUT2D eigenvalue weighted by atomic mass is 32.2.